The molecule has 3 rings (SSSR count). The number of rotatable bonds is 3. The number of likely N-dealkylation sites (tertiary alicyclic amines) is 2. The molecule has 2 atom stereocenters. The number of carbonyl (C=O) groups is 2. The number of aromatic nitrogens is 2. The van der Waals surface area contributed by atoms with E-state index >= 15 is 0 Å². The average molecular weight is 320 g/mol. The maximum atomic E-state index is 12.8. The van der Waals surface area contributed by atoms with Crippen LogP contribution in [0.2, 0.25) is 0 Å². The molecule has 2 amide bonds. The van der Waals surface area contributed by atoms with Gasteiger partial charge in [0, 0.05) is 44.9 Å². The molecule has 1 aromatic rings. The lowest BCUT2D eigenvalue weighted by atomic mass is 9.95. The summed E-state index contributed by atoms with van der Waals surface area (Å²) in [6.45, 7) is 7.65. The van der Waals surface area contributed by atoms with Crippen LogP contribution in [0, 0.1) is 12.8 Å². The van der Waals surface area contributed by atoms with Gasteiger partial charge in [-0.15, -0.1) is 0 Å². The molecule has 2 saturated heterocycles. The lowest BCUT2D eigenvalue weighted by Gasteiger charge is -2.33. The summed E-state index contributed by atoms with van der Waals surface area (Å²) in [6, 6.07) is 0.150. The van der Waals surface area contributed by atoms with Crippen LogP contribution in [0.3, 0.4) is 0 Å². The van der Waals surface area contributed by atoms with Gasteiger partial charge in [-0.3, -0.25) is 9.59 Å². The topological polar surface area (TPSA) is 79.5 Å². The largest absolute Gasteiger partial charge is 0.342 e. The number of amides is 2. The predicted molar refractivity (Wildman–Crippen MR) is 82.5 cm³/mol. The Hall–Kier alpha value is -1.92. The van der Waals surface area contributed by atoms with Crippen LogP contribution in [0.4, 0.5) is 0 Å². The van der Waals surface area contributed by atoms with Gasteiger partial charge < -0.3 is 14.3 Å². The summed E-state index contributed by atoms with van der Waals surface area (Å²) in [6.07, 6.45) is 2.22. The highest BCUT2D eigenvalue weighted by atomic mass is 16.5. The fourth-order valence-corrected chi connectivity index (χ4v) is 3.52. The van der Waals surface area contributed by atoms with E-state index in [2.05, 4.69) is 10.1 Å². The highest BCUT2D eigenvalue weighted by Crippen LogP contribution is 2.28. The first-order valence-electron chi connectivity index (χ1n) is 8.34. The molecule has 7 nitrogen and oxygen atoms in total. The van der Waals surface area contributed by atoms with E-state index in [9.17, 15) is 9.59 Å². The third-order valence-corrected chi connectivity index (χ3v) is 4.77. The summed E-state index contributed by atoms with van der Waals surface area (Å²) in [5.74, 6) is 1.33. The number of piperidine rings is 1. The van der Waals surface area contributed by atoms with Crippen LogP contribution in [0.1, 0.15) is 50.7 Å². The van der Waals surface area contributed by atoms with Crippen molar-refractivity contribution >= 4 is 11.8 Å². The normalized spacial score (nSPS) is 25.5. The second-order valence-electron chi connectivity index (χ2n) is 6.84. The van der Waals surface area contributed by atoms with Crippen molar-refractivity contribution in [3.05, 3.63) is 11.7 Å². The van der Waals surface area contributed by atoms with E-state index in [0.717, 1.165) is 19.4 Å². The smallest absolute Gasteiger partial charge is 0.228 e. The van der Waals surface area contributed by atoms with E-state index in [0.29, 0.717) is 31.2 Å². The van der Waals surface area contributed by atoms with Crippen molar-refractivity contribution in [1.29, 1.82) is 0 Å². The molecular weight excluding hydrogens is 296 g/mol. The Balaban J connectivity index is 1.65. The van der Waals surface area contributed by atoms with Crippen LogP contribution in [-0.2, 0) is 9.59 Å². The summed E-state index contributed by atoms with van der Waals surface area (Å²) in [5.41, 5.74) is 0. The molecule has 2 aliphatic rings. The van der Waals surface area contributed by atoms with Crippen molar-refractivity contribution in [2.75, 3.05) is 19.6 Å². The van der Waals surface area contributed by atoms with Crippen molar-refractivity contribution < 1.29 is 14.1 Å². The number of hydrogen-bond donors (Lipinski definition) is 0. The fourth-order valence-electron chi connectivity index (χ4n) is 3.52. The fraction of sp³-hybridized carbons (Fsp3) is 0.750. The quantitative estimate of drug-likeness (QED) is 0.839. The molecule has 0 bridgehead atoms. The van der Waals surface area contributed by atoms with Gasteiger partial charge in [-0.1, -0.05) is 5.16 Å². The van der Waals surface area contributed by atoms with Gasteiger partial charge >= 0.3 is 0 Å². The summed E-state index contributed by atoms with van der Waals surface area (Å²) in [4.78, 5) is 32.8. The lowest BCUT2D eigenvalue weighted by molar-refractivity contribution is -0.137. The predicted octanol–water partition coefficient (Wildman–Crippen LogP) is 1.34. The van der Waals surface area contributed by atoms with Crippen molar-refractivity contribution in [2.24, 2.45) is 5.92 Å². The van der Waals surface area contributed by atoms with Crippen LogP contribution >= 0.6 is 0 Å². The summed E-state index contributed by atoms with van der Waals surface area (Å²) >= 11 is 0. The minimum Gasteiger partial charge on any atom is -0.342 e. The highest BCUT2D eigenvalue weighted by molar-refractivity contribution is 5.89. The van der Waals surface area contributed by atoms with Crippen molar-refractivity contribution in [1.82, 2.24) is 19.9 Å². The molecule has 126 valence electrons. The summed E-state index contributed by atoms with van der Waals surface area (Å²) in [5, 5.41) is 3.99. The molecule has 7 heteroatoms. The van der Waals surface area contributed by atoms with Gasteiger partial charge in [-0.25, -0.2) is 0 Å². The van der Waals surface area contributed by atoms with E-state index in [1.807, 2.05) is 18.7 Å². The van der Waals surface area contributed by atoms with Crippen molar-refractivity contribution in [2.45, 2.75) is 52.0 Å². The first-order valence-corrected chi connectivity index (χ1v) is 8.34. The SMILES string of the molecule is Cc1nc([C@H]2CCCN(C(=O)[C@@H]3CC(=O)N(C(C)C)C3)C2)no1. The molecule has 23 heavy (non-hydrogen) atoms. The molecule has 0 spiro atoms. The third-order valence-electron chi connectivity index (χ3n) is 4.77. The minimum atomic E-state index is -0.212. The molecule has 0 unspecified atom stereocenters. The average Bonchev–Trinajstić information content (AvgIpc) is 3.13. The standard InChI is InChI=1S/C16H24N4O3/c1-10(2)20-9-13(7-14(20)21)16(22)19-6-4-5-12(8-19)15-17-11(3)23-18-15/h10,12-13H,4-9H2,1-3H3/t12-,13+/m0/s1. The van der Waals surface area contributed by atoms with Gasteiger partial charge in [0.25, 0.3) is 0 Å². The number of hydrogen-bond acceptors (Lipinski definition) is 5. The molecule has 3 heterocycles. The van der Waals surface area contributed by atoms with Crippen molar-refractivity contribution in [3.8, 4) is 0 Å². The maximum Gasteiger partial charge on any atom is 0.228 e. The zero-order chi connectivity index (χ0) is 16.6. The van der Waals surface area contributed by atoms with Crippen LogP contribution in [0.15, 0.2) is 4.52 Å². The Morgan fingerprint density at radius 2 is 2.13 bits per heavy atom. The van der Waals surface area contributed by atoms with E-state index in [1.165, 1.54) is 0 Å². The van der Waals surface area contributed by atoms with E-state index in [1.54, 1.807) is 11.8 Å². The van der Waals surface area contributed by atoms with Crippen LogP contribution < -0.4 is 0 Å². The zero-order valence-corrected chi connectivity index (χ0v) is 14.0. The Kier molecular flexibility index (Phi) is 4.37. The molecule has 0 aromatic carbocycles. The Morgan fingerprint density at radius 1 is 1.35 bits per heavy atom. The molecule has 0 aliphatic carbocycles. The van der Waals surface area contributed by atoms with Gasteiger partial charge in [-0.05, 0) is 26.7 Å². The third kappa shape index (κ3) is 3.23. The van der Waals surface area contributed by atoms with E-state index < -0.39 is 0 Å². The second-order valence-corrected chi connectivity index (χ2v) is 6.84. The number of carbonyl (C=O) groups excluding carboxylic acids is 2. The molecule has 2 fully saturated rings. The van der Waals surface area contributed by atoms with Gasteiger partial charge in [-0.2, -0.15) is 4.98 Å². The van der Waals surface area contributed by atoms with Gasteiger partial charge in [0.2, 0.25) is 17.7 Å². The molecule has 0 saturated carbocycles. The van der Waals surface area contributed by atoms with Gasteiger partial charge in [0.1, 0.15) is 0 Å². The molecule has 1 aromatic heterocycles. The first-order chi connectivity index (χ1) is 11.0. The molecular formula is C16H24N4O3. The monoisotopic (exact) mass is 320 g/mol. The Bertz CT molecular complexity index is 598. The Labute approximate surface area is 136 Å². The summed E-state index contributed by atoms with van der Waals surface area (Å²) < 4.78 is 5.05. The van der Waals surface area contributed by atoms with Gasteiger partial charge in [0.05, 0.1) is 5.92 Å². The molecule has 0 radical (unpaired) electrons. The first kappa shape index (κ1) is 16.0. The zero-order valence-electron chi connectivity index (χ0n) is 14.0. The minimum absolute atomic E-state index is 0.0840. The lowest BCUT2D eigenvalue weighted by Crippen LogP contribution is -2.43. The Morgan fingerprint density at radius 3 is 2.74 bits per heavy atom. The van der Waals surface area contributed by atoms with E-state index in [4.69, 9.17) is 4.52 Å². The maximum absolute atomic E-state index is 12.8. The van der Waals surface area contributed by atoms with Crippen LogP contribution in [0.5, 0.6) is 0 Å². The summed E-state index contributed by atoms with van der Waals surface area (Å²) in [7, 11) is 0. The van der Waals surface area contributed by atoms with Gasteiger partial charge in [0.15, 0.2) is 5.82 Å². The van der Waals surface area contributed by atoms with Crippen molar-refractivity contribution in [3.63, 3.8) is 0 Å². The van der Waals surface area contributed by atoms with E-state index in [-0.39, 0.29) is 29.7 Å². The van der Waals surface area contributed by atoms with Crippen LogP contribution in [-0.4, -0.2) is 57.4 Å². The second kappa shape index (κ2) is 6.29. The molecule has 0 N–H and O–H groups in total. The number of aryl methyl sites for hydroxylation is 1. The highest BCUT2D eigenvalue weighted by Gasteiger charge is 2.39. The van der Waals surface area contributed by atoms with Crippen LogP contribution in [0.25, 0.3) is 0 Å². The molecule has 2 aliphatic heterocycles. The number of nitrogens with zero attached hydrogens (tertiary/aromatic N) is 4.